The van der Waals surface area contributed by atoms with Crippen LogP contribution in [0.1, 0.15) is 12.8 Å². The van der Waals surface area contributed by atoms with Crippen molar-refractivity contribution in [3.63, 3.8) is 0 Å². The first-order valence-electron chi connectivity index (χ1n) is 5.93. The summed E-state index contributed by atoms with van der Waals surface area (Å²) in [6.07, 6.45) is 2.07. The molecule has 1 aliphatic rings. The van der Waals surface area contributed by atoms with Gasteiger partial charge in [-0.3, -0.25) is 4.79 Å². The van der Waals surface area contributed by atoms with Gasteiger partial charge >= 0.3 is 0 Å². The molecule has 1 aliphatic heterocycles. The number of rotatable bonds is 3. The molecule has 1 aromatic rings. The molecule has 98 valence electrons. The summed E-state index contributed by atoms with van der Waals surface area (Å²) in [6, 6.07) is 5.22. The number of thioether (sulfide) groups is 1. The molecule has 2 rings (SSSR count). The van der Waals surface area contributed by atoms with Gasteiger partial charge in [0.05, 0.1) is 12.8 Å². The first kappa shape index (κ1) is 13.6. The zero-order valence-corrected chi connectivity index (χ0v) is 11.8. The Morgan fingerprint density at radius 3 is 3.06 bits per heavy atom. The molecular formula is C13H16ClNO2S. The van der Waals surface area contributed by atoms with Crippen LogP contribution in [0.3, 0.4) is 0 Å². The summed E-state index contributed by atoms with van der Waals surface area (Å²) in [5.74, 6) is 2.84. The van der Waals surface area contributed by atoms with Gasteiger partial charge in [0.1, 0.15) is 5.75 Å². The van der Waals surface area contributed by atoms with E-state index >= 15 is 0 Å². The Bertz CT molecular complexity index is 433. The second-order valence-corrected chi connectivity index (χ2v) is 5.83. The van der Waals surface area contributed by atoms with Gasteiger partial charge in [-0.1, -0.05) is 11.6 Å². The first-order chi connectivity index (χ1) is 8.70. The van der Waals surface area contributed by atoms with E-state index in [0.29, 0.717) is 16.5 Å². The molecular weight excluding hydrogens is 270 g/mol. The third kappa shape index (κ3) is 3.33. The zero-order valence-electron chi connectivity index (χ0n) is 10.2. The van der Waals surface area contributed by atoms with Crippen molar-refractivity contribution in [1.29, 1.82) is 0 Å². The number of carbonyl (C=O) groups excluding carboxylic acids is 1. The second-order valence-electron chi connectivity index (χ2n) is 4.25. The van der Waals surface area contributed by atoms with Crippen LogP contribution in [-0.4, -0.2) is 24.5 Å². The highest BCUT2D eigenvalue weighted by Crippen LogP contribution is 2.29. The normalized spacial score (nSPS) is 19.3. The van der Waals surface area contributed by atoms with Gasteiger partial charge in [-0.05, 0) is 36.8 Å². The van der Waals surface area contributed by atoms with Crippen LogP contribution in [0.15, 0.2) is 18.2 Å². The van der Waals surface area contributed by atoms with Crippen LogP contribution >= 0.6 is 23.4 Å². The number of hydrogen-bond acceptors (Lipinski definition) is 3. The molecule has 3 nitrogen and oxygen atoms in total. The highest BCUT2D eigenvalue weighted by atomic mass is 35.5. The van der Waals surface area contributed by atoms with E-state index in [9.17, 15) is 4.79 Å². The van der Waals surface area contributed by atoms with E-state index in [4.69, 9.17) is 16.3 Å². The van der Waals surface area contributed by atoms with Crippen molar-refractivity contribution >= 4 is 35.0 Å². The smallest absolute Gasteiger partial charge is 0.228 e. The maximum atomic E-state index is 12.1. The number of carbonyl (C=O) groups is 1. The lowest BCUT2D eigenvalue weighted by Gasteiger charge is -2.21. The van der Waals surface area contributed by atoms with E-state index in [-0.39, 0.29) is 11.8 Å². The molecule has 0 spiro atoms. The van der Waals surface area contributed by atoms with Gasteiger partial charge in [0, 0.05) is 16.7 Å². The summed E-state index contributed by atoms with van der Waals surface area (Å²) >= 11 is 7.77. The minimum Gasteiger partial charge on any atom is -0.495 e. The quantitative estimate of drug-likeness (QED) is 0.925. The van der Waals surface area contributed by atoms with E-state index in [1.807, 2.05) is 11.8 Å². The summed E-state index contributed by atoms with van der Waals surface area (Å²) < 4.78 is 5.21. The van der Waals surface area contributed by atoms with Crippen molar-refractivity contribution in [2.75, 3.05) is 23.9 Å². The maximum absolute atomic E-state index is 12.1. The molecule has 1 aromatic carbocycles. The highest BCUT2D eigenvalue weighted by Gasteiger charge is 2.22. The molecule has 1 N–H and O–H groups in total. The Hall–Kier alpha value is -0.870. The molecule has 0 aliphatic carbocycles. The minimum atomic E-state index is 0.0581. The lowest BCUT2D eigenvalue weighted by Crippen LogP contribution is -2.27. The Morgan fingerprint density at radius 1 is 1.56 bits per heavy atom. The van der Waals surface area contributed by atoms with E-state index in [1.165, 1.54) is 0 Å². The number of halogens is 1. The third-order valence-corrected chi connectivity index (χ3v) is 4.40. The summed E-state index contributed by atoms with van der Waals surface area (Å²) in [4.78, 5) is 12.1. The SMILES string of the molecule is COc1ccc(Cl)cc1NC(=O)C1CCCSC1. The van der Waals surface area contributed by atoms with Gasteiger partial charge in [-0.15, -0.1) is 0 Å². The van der Waals surface area contributed by atoms with Crippen LogP contribution < -0.4 is 10.1 Å². The molecule has 0 saturated carbocycles. The highest BCUT2D eigenvalue weighted by molar-refractivity contribution is 7.99. The molecule has 1 amide bonds. The number of methoxy groups -OCH3 is 1. The Kier molecular flexibility index (Phi) is 4.78. The minimum absolute atomic E-state index is 0.0581. The van der Waals surface area contributed by atoms with E-state index in [1.54, 1.807) is 25.3 Å². The van der Waals surface area contributed by atoms with Crippen LogP contribution in [0.4, 0.5) is 5.69 Å². The molecule has 1 unspecified atom stereocenters. The Balaban J connectivity index is 2.07. The number of ether oxygens (including phenoxy) is 1. The van der Waals surface area contributed by atoms with E-state index < -0.39 is 0 Å². The summed E-state index contributed by atoms with van der Waals surface area (Å²) in [6.45, 7) is 0. The zero-order chi connectivity index (χ0) is 13.0. The summed E-state index contributed by atoms with van der Waals surface area (Å²) in [7, 11) is 1.58. The van der Waals surface area contributed by atoms with Crippen molar-refractivity contribution in [3.8, 4) is 5.75 Å². The van der Waals surface area contributed by atoms with Crippen molar-refractivity contribution < 1.29 is 9.53 Å². The van der Waals surface area contributed by atoms with Crippen LogP contribution in [0.25, 0.3) is 0 Å². The lowest BCUT2D eigenvalue weighted by atomic mass is 10.0. The predicted molar refractivity (Wildman–Crippen MR) is 76.7 cm³/mol. The standard InChI is InChI=1S/C13H16ClNO2S/c1-17-12-5-4-10(14)7-11(12)15-13(16)9-3-2-6-18-8-9/h4-5,7,9H,2-3,6,8H2,1H3,(H,15,16). The number of amides is 1. The van der Waals surface area contributed by atoms with E-state index in [0.717, 1.165) is 24.3 Å². The number of nitrogens with one attached hydrogen (secondary N) is 1. The fourth-order valence-corrected chi connectivity index (χ4v) is 3.27. The van der Waals surface area contributed by atoms with Gasteiger partial charge in [0.25, 0.3) is 0 Å². The van der Waals surface area contributed by atoms with Crippen LogP contribution in [-0.2, 0) is 4.79 Å². The van der Waals surface area contributed by atoms with Crippen LogP contribution in [0, 0.1) is 5.92 Å². The molecule has 5 heteroatoms. The van der Waals surface area contributed by atoms with Crippen molar-refractivity contribution in [2.24, 2.45) is 5.92 Å². The molecule has 0 bridgehead atoms. The number of hydrogen-bond donors (Lipinski definition) is 1. The topological polar surface area (TPSA) is 38.3 Å². The van der Waals surface area contributed by atoms with Gasteiger partial charge < -0.3 is 10.1 Å². The first-order valence-corrected chi connectivity index (χ1v) is 7.46. The van der Waals surface area contributed by atoms with Crippen LogP contribution in [0.2, 0.25) is 5.02 Å². The molecule has 1 atom stereocenters. The summed E-state index contributed by atoms with van der Waals surface area (Å²) in [5, 5.41) is 3.50. The lowest BCUT2D eigenvalue weighted by molar-refractivity contribution is -0.119. The largest absolute Gasteiger partial charge is 0.495 e. The molecule has 0 aromatic heterocycles. The predicted octanol–water partition coefficient (Wildman–Crippen LogP) is 3.43. The molecule has 1 saturated heterocycles. The summed E-state index contributed by atoms with van der Waals surface area (Å²) in [5.41, 5.74) is 0.644. The number of anilines is 1. The van der Waals surface area contributed by atoms with Gasteiger partial charge in [-0.25, -0.2) is 0 Å². The fraction of sp³-hybridized carbons (Fsp3) is 0.462. The average Bonchev–Trinajstić information content (AvgIpc) is 2.40. The second kappa shape index (κ2) is 6.34. The third-order valence-electron chi connectivity index (χ3n) is 2.95. The van der Waals surface area contributed by atoms with E-state index in [2.05, 4.69) is 5.32 Å². The molecule has 0 radical (unpaired) electrons. The molecule has 1 fully saturated rings. The fourth-order valence-electron chi connectivity index (χ4n) is 1.96. The van der Waals surface area contributed by atoms with Crippen molar-refractivity contribution in [3.05, 3.63) is 23.2 Å². The average molecular weight is 286 g/mol. The Labute approximate surface area is 116 Å². The Morgan fingerprint density at radius 2 is 2.39 bits per heavy atom. The van der Waals surface area contributed by atoms with Gasteiger partial charge in [0.2, 0.25) is 5.91 Å². The number of benzene rings is 1. The van der Waals surface area contributed by atoms with Crippen LogP contribution in [0.5, 0.6) is 5.75 Å². The van der Waals surface area contributed by atoms with Crippen molar-refractivity contribution in [2.45, 2.75) is 12.8 Å². The molecule has 18 heavy (non-hydrogen) atoms. The monoisotopic (exact) mass is 285 g/mol. The molecule has 1 heterocycles. The van der Waals surface area contributed by atoms with Gasteiger partial charge in [-0.2, -0.15) is 11.8 Å². The van der Waals surface area contributed by atoms with Crippen molar-refractivity contribution in [1.82, 2.24) is 0 Å². The van der Waals surface area contributed by atoms with Gasteiger partial charge in [0.15, 0.2) is 0 Å². The maximum Gasteiger partial charge on any atom is 0.228 e.